The third-order valence-electron chi connectivity index (χ3n) is 0.512. The van der Waals surface area contributed by atoms with Crippen LogP contribution in [0.1, 0.15) is 19.8 Å². The van der Waals surface area contributed by atoms with Crippen molar-refractivity contribution < 1.29 is 23.7 Å². The Kier molecular flexibility index (Phi) is 66.9. The van der Waals surface area contributed by atoms with E-state index in [9.17, 15) is 0 Å². The van der Waals surface area contributed by atoms with Crippen molar-refractivity contribution in [3.8, 4) is 0 Å². The van der Waals surface area contributed by atoms with Crippen molar-refractivity contribution in [2.24, 2.45) is 0 Å². The van der Waals surface area contributed by atoms with Gasteiger partial charge in [-0.3, -0.25) is 0 Å². The molecule has 0 amide bonds. The molecule has 0 rings (SSSR count). The van der Waals surface area contributed by atoms with E-state index in [2.05, 4.69) is 6.92 Å². The van der Waals surface area contributed by atoms with Gasteiger partial charge in [-0.1, -0.05) is 13.3 Å². The molecule has 1 nitrogen and oxygen atoms in total. The summed E-state index contributed by atoms with van der Waals surface area (Å²) in [6.07, 6.45) is 2.04. The van der Waals surface area contributed by atoms with E-state index < -0.39 is 0 Å². The Morgan fingerprint density at radius 3 is 1.62 bits per heavy atom. The van der Waals surface area contributed by atoms with Crippen molar-refractivity contribution in [2.45, 2.75) is 19.8 Å². The van der Waals surface area contributed by atoms with Crippen LogP contribution in [0.15, 0.2) is 0 Å². The molecular formula is C4H12Br2OV. The molecule has 0 aliphatic heterocycles. The number of hydrogen-bond acceptors (Lipinski definition) is 1. The maximum atomic E-state index is 8.07. The number of aliphatic hydroxyl groups excluding tert-OH is 1. The van der Waals surface area contributed by atoms with E-state index in [4.69, 9.17) is 5.11 Å². The number of hydrogen-bond donors (Lipinski definition) is 1. The Hall–Kier alpha value is 1.50. The summed E-state index contributed by atoms with van der Waals surface area (Å²) >= 11 is 0. The van der Waals surface area contributed by atoms with Crippen LogP contribution in [-0.2, 0) is 18.6 Å². The van der Waals surface area contributed by atoms with Gasteiger partial charge in [0.15, 0.2) is 0 Å². The van der Waals surface area contributed by atoms with E-state index in [-0.39, 0.29) is 52.5 Å². The largest absolute Gasteiger partial charge is 0.396 e. The van der Waals surface area contributed by atoms with Crippen LogP contribution in [0, 0.1) is 0 Å². The first-order valence-electron chi connectivity index (χ1n) is 2.02. The molecule has 1 radical (unpaired) electrons. The number of halogens is 2. The summed E-state index contributed by atoms with van der Waals surface area (Å²) in [6.45, 7) is 2.40. The van der Waals surface area contributed by atoms with E-state index in [0.717, 1.165) is 12.8 Å². The number of rotatable bonds is 2. The SMILES string of the molecule is Br.Br.CCCCO.[V]. The normalized spacial score (nSPS) is 5.25. The number of aliphatic hydroxyl groups is 1. The first kappa shape index (κ1) is 22.7. The smallest absolute Gasteiger partial charge is 0.0430 e. The van der Waals surface area contributed by atoms with Gasteiger partial charge in [-0.25, -0.2) is 0 Å². The second kappa shape index (κ2) is 23.6. The summed E-state index contributed by atoms with van der Waals surface area (Å²) in [4.78, 5) is 0. The Bertz CT molecular complexity index is 21.5. The van der Waals surface area contributed by atoms with Crippen LogP contribution >= 0.6 is 34.0 Å². The van der Waals surface area contributed by atoms with Crippen LogP contribution in [-0.4, -0.2) is 11.7 Å². The molecule has 0 aromatic rings. The van der Waals surface area contributed by atoms with Crippen molar-refractivity contribution in [3.63, 3.8) is 0 Å². The van der Waals surface area contributed by atoms with Crippen LogP contribution in [0.2, 0.25) is 0 Å². The Balaban J connectivity index is -0.0000000267. The monoisotopic (exact) mass is 285 g/mol. The van der Waals surface area contributed by atoms with E-state index in [1.165, 1.54) is 0 Å². The van der Waals surface area contributed by atoms with Crippen molar-refractivity contribution in [1.82, 2.24) is 0 Å². The molecule has 4 heteroatoms. The van der Waals surface area contributed by atoms with Gasteiger partial charge in [-0.05, 0) is 6.42 Å². The van der Waals surface area contributed by atoms with Crippen LogP contribution in [0.25, 0.3) is 0 Å². The Morgan fingerprint density at radius 2 is 1.62 bits per heavy atom. The third-order valence-corrected chi connectivity index (χ3v) is 0.512. The molecule has 53 valence electrons. The second-order valence-electron chi connectivity index (χ2n) is 1.08. The van der Waals surface area contributed by atoms with Gasteiger partial charge in [0.05, 0.1) is 0 Å². The minimum Gasteiger partial charge on any atom is -0.396 e. The van der Waals surface area contributed by atoms with Gasteiger partial charge in [0.25, 0.3) is 0 Å². The summed E-state index contributed by atoms with van der Waals surface area (Å²) in [5.74, 6) is 0. The van der Waals surface area contributed by atoms with Crippen molar-refractivity contribution in [2.75, 3.05) is 6.61 Å². The topological polar surface area (TPSA) is 20.2 Å². The van der Waals surface area contributed by atoms with Gasteiger partial charge in [0.1, 0.15) is 0 Å². The van der Waals surface area contributed by atoms with Crippen LogP contribution < -0.4 is 0 Å². The molecule has 0 spiro atoms. The molecule has 0 heterocycles. The molecule has 0 aliphatic carbocycles. The number of unbranched alkanes of at least 4 members (excludes halogenated alkanes) is 1. The molecule has 8 heavy (non-hydrogen) atoms. The zero-order valence-corrected chi connectivity index (χ0v) is 9.66. The average molecular weight is 287 g/mol. The van der Waals surface area contributed by atoms with Gasteiger partial charge in [-0.15, -0.1) is 34.0 Å². The minimum absolute atomic E-state index is 0. The summed E-state index contributed by atoms with van der Waals surface area (Å²) in [5.41, 5.74) is 0. The molecule has 1 N–H and O–H groups in total. The van der Waals surface area contributed by atoms with Crippen LogP contribution in [0.3, 0.4) is 0 Å². The average Bonchev–Trinajstić information content (AvgIpc) is 1.41. The second-order valence-corrected chi connectivity index (χ2v) is 1.08. The van der Waals surface area contributed by atoms with E-state index in [1.54, 1.807) is 0 Å². The van der Waals surface area contributed by atoms with Gasteiger partial charge >= 0.3 is 0 Å². The summed E-state index contributed by atoms with van der Waals surface area (Å²) in [6, 6.07) is 0. The molecule has 0 unspecified atom stereocenters. The fraction of sp³-hybridized carbons (Fsp3) is 1.00. The molecule has 0 fully saturated rings. The Morgan fingerprint density at radius 1 is 1.25 bits per heavy atom. The van der Waals surface area contributed by atoms with Crippen LogP contribution in [0.5, 0.6) is 0 Å². The molecule has 0 aliphatic rings. The van der Waals surface area contributed by atoms with Gasteiger partial charge in [0.2, 0.25) is 0 Å². The van der Waals surface area contributed by atoms with E-state index in [0.29, 0.717) is 6.61 Å². The molecule has 0 atom stereocenters. The van der Waals surface area contributed by atoms with Crippen molar-refractivity contribution in [1.29, 1.82) is 0 Å². The standard InChI is InChI=1S/C4H10O.2BrH.V/c1-2-3-4-5;;;/h5H,2-4H2,1H3;2*1H;. The molecule has 0 aromatic carbocycles. The molecule has 0 saturated carbocycles. The quantitative estimate of drug-likeness (QED) is 0.822. The predicted molar refractivity (Wildman–Crippen MR) is 42.6 cm³/mol. The third kappa shape index (κ3) is 25.9. The Labute approximate surface area is 83.7 Å². The van der Waals surface area contributed by atoms with E-state index >= 15 is 0 Å². The van der Waals surface area contributed by atoms with Gasteiger partial charge in [-0.2, -0.15) is 0 Å². The van der Waals surface area contributed by atoms with Crippen LogP contribution in [0.4, 0.5) is 0 Å². The zero-order valence-electron chi connectivity index (χ0n) is 4.83. The fourth-order valence-electron chi connectivity index (χ4n) is 0.158. The maximum Gasteiger partial charge on any atom is 0.0430 e. The van der Waals surface area contributed by atoms with Gasteiger partial charge < -0.3 is 5.11 Å². The maximum absolute atomic E-state index is 8.07. The summed E-state index contributed by atoms with van der Waals surface area (Å²) in [5, 5.41) is 8.07. The summed E-state index contributed by atoms with van der Waals surface area (Å²) < 4.78 is 0. The molecule has 0 aromatic heterocycles. The molecule has 0 saturated heterocycles. The van der Waals surface area contributed by atoms with E-state index in [1.807, 2.05) is 0 Å². The van der Waals surface area contributed by atoms with Crippen molar-refractivity contribution >= 4 is 34.0 Å². The predicted octanol–water partition coefficient (Wildman–Crippen LogP) is 1.93. The summed E-state index contributed by atoms with van der Waals surface area (Å²) in [7, 11) is 0. The molecular weight excluding hydrogens is 275 g/mol. The van der Waals surface area contributed by atoms with Crippen molar-refractivity contribution in [3.05, 3.63) is 0 Å². The zero-order chi connectivity index (χ0) is 4.12. The van der Waals surface area contributed by atoms with Gasteiger partial charge in [0, 0.05) is 25.2 Å². The first-order valence-corrected chi connectivity index (χ1v) is 2.02. The minimum atomic E-state index is 0. The molecule has 0 bridgehead atoms. The fourth-order valence-corrected chi connectivity index (χ4v) is 0.158. The first-order chi connectivity index (χ1) is 2.41.